The highest BCUT2D eigenvalue weighted by molar-refractivity contribution is 5.73. The van der Waals surface area contributed by atoms with Crippen molar-refractivity contribution in [3.05, 3.63) is 18.5 Å². The largest absolute Gasteiger partial charge is 0.469 e. The van der Waals surface area contributed by atoms with Crippen molar-refractivity contribution >= 4 is 11.9 Å². The first-order valence-electron chi connectivity index (χ1n) is 6.88. The second kappa shape index (κ2) is 7.07. The number of hydrogen-bond donors (Lipinski definition) is 1. The van der Waals surface area contributed by atoms with Crippen LogP contribution < -0.4 is 5.32 Å². The van der Waals surface area contributed by atoms with E-state index in [1.165, 1.54) is 20.0 Å². The Morgan fingerprint density at radius 2 is 2.11 bits per heavy atom. The number of unbranched alkanes of at least 4 members (excludes halogenated alkanes) is 1. The number of methoxy groups -OCH3 is 1. The second-order valence-electron chi connectivity index (χ2n) is 5.05. The minimum absolute atomic E-state index is 0.0425. The summed E-state index contributed by atoms with van der Waals surface area (Å²) >= 11 is 0. The van der Waals surface area contributed by atoms with Crippen molar-refractivity contribution in [2.24, 2.45) is 11.8 Å². The molecule has 1 saturated carbocycles. The zero-order valence-corrected chi connectivity index (χ0v) is 11.3. The van der Waals surface area contributed by atoms with Gasteiger partial charge in [0.2, 0.25) is 5.95 Å². The third-order valence-corrected chi connectivity index (χ3v) is 3.66. The van der Waals surface area contributed by atoms with Crippen LogP contribution in [0.3, 0.4) is 0 Å². The first kappa shape index (κ1) is 13.8. The molecule has 0 aliphatic heterocycles. The summed E-state index contributed by atoms with van der Waals surface area (Å²) in [5, 5.41) is 3.19. The molecule has 0 atom stereocenters. The lowest BCUT2D eigenvalue weighted by atomic mass is 9.72. The molecule has 1 aromatic rings. The SMILES string of the molecule is COC(=O)C1CC(CCCCNc2ncccn2)C1. The van der Waals surface area contributed by atoms with E-state index >= 15 is 0 Å². The summed E-state index contributed by atoms with van der Waals surface area (Å²) < 4.78 is 4.73. The van der Waals surface area contributed by atoms with Gasteiger partial charge in [-0.25, -0.2) is 9.97 Å². The molecule has 104 valence electrons. The number of aromatic nitrogens is 2. The van der Waals surface area contributed by atoms with Gasteiger partial charge in [-0.15, -0.1) is 0 Å². The third kappa shape index (κ3) is 4.19. The number of hydrogen-bond acceptors (Lipinski definition) is 5. The predicted molar refractivity (Wildman–Crippen MR) is 72.6 cm³/mol. The Kier molecular flexibility index (Phi) is 5.12. The Hall–Kier alpha value is -1.65. The predicted octanol–water partition coefficient (Wildman–Crippen LogP) is 2.26. The van der Waals surface area contributed by atoms with Crippen molar-refractivity contribution in [1.29, 1.82) is 0 Å². The maximum Gasteiger partial charge on any atom is 0.308 e. The molecule has 1 aromatic heterocycles. The standard InChI is InChI=1S/C14H21N3O2/c1-19-13(18)12-9-11(10-12)5-2-3-6-15-14-16-7-4-8-17-14/h4,7-8,11-12H,2-3,5-6,9-10H2,1H3,(H,15,16,17). The van der Waals surface area contributed by atoms with Gasteiger partial charge < -0.3 is 10.1 Å². The molecular weight excluding hydrogens is 242 g/mol. The molecular formula is C14H21N3O2. The normalized spacial score (nSPS) is 21.5. The molecule has 1 fully saturated rings. The van der Waals surface area contributed by atoms with E-state index in [9.17, 15) is 4.79 Å². The first-order chi connectivity index (χ1) is 9.29. The number of nitrogens with zero attached hydrogens (tertiary/aromatic N) is 2. The maximum atomic E-state index is 11.2. The lowest BCUT2D eigenvalue weighted by molar-refractivity contribution is -0.150. The van der Waals surface area contributed by atoms with Gasteiger partial charge in [-0.3, -0.25) is 4.79 Å². The van der Waals surface area contributed by atoms with Gasteiger partial charge in [0.05, 0.1) is 13.0 Å². The number of ether oxygens (including phenoxy) is 1. The van der Waals surface area contributed by atoms with Crippen molar-refractivity contribution in [3.63, 3.8) is 0 Å². The Balaban J connectivity index is 1.49. The van der Waals surface area contributed by atoms with E-state index in [2.05, 4.69) is 15.3 Å². The van der Waals surface area contributed by atoms with E-state index < -0.39 is 0 Å². The summed E-state index contributed by atoms with van der Waals surface area (Å²) in [5.41, 5.74) is 0. The van der Waals surface area contributed by atoms with E-state index in [0.29, 0.717) is 11.9 Å². The number of carbonyl (C=O) groups is 1. The lowest BCUT2D eigenvalue weighted by Crippen LogP contribution is -2.31. The molecule has 0 saturated heterocycles. The number of carbonyl (C=O) groups excluding carboxylic acids is 1. The van der Waals surface area contributed by atoms with Crippen molar-refractivity contribution in [2.75, 3.05) is 19.0 Å². The van der Waals surface area contributed by atoms with Gasteiger partial charge in [0.15, 0.2) is 0 Å². The summed E-state index contributed by atoms with van der Waals surface area (Å²) in [7, 11) is 1.47. The zero-order valence-electron chi connectivity index (χ0n) is 11.3. The summed E-state index contributed by atoms with van der Waals surface area (Å²) in [6, 6.07) is 1.81. The van der Waals surface area contributed by atoms with Crippen LogP contribution >= 0.6 is 0 Å². The number of esters is 1. The molecule has 1 aliphatic rings. The van der Waals surface area contributed by atoms with Crippen LogP contribution in [0.4, 0.5) is 5.95 Å². The number of nitrogens with one attached hydrogen (secondary N) is 1. The average Bonchev–Trinajstić information content (AvgIpc) is 2.41. The Labute approximate surface area is 113 Å². The lowest BCUT2D eigenvalue weighted by Gasteiger charge is -2.33. The van der Waals surface area contributed by atoms with Gasteiger partial charge in [-0.05, 0) is 31.2 Å². The smallest absolute Gasteiger partial charge is 0.308 e. The van der Waals surface area contributed by atoms with Crippen molar-refractivity contribution in [3.8, 4) is 0 Å². The fourth-order valence-electron chi connectivity index (χ4n) is 2.48. The molecule has 1 aliphatic carbocycles. The second-order valence-corrected chi connectivity index (χ2v) is 5.05. The Morgan fingerprint density at radius 3 is 2.79 bits per heavy atom. The molecule has 0 unspecified atom stereocenters. The molecule has 0 spiro atoms. The van der Waals surface area contributed by atoms with Gasteiger partial charge in [-0.1, -0.05) is 12.8 Å². The third-order valence-electron chi connectivity index (χ3n) is 3.66. The van der Waals surface area contributed by atoms with Gasteiger partial charge in [0, 0.05) is 18.9 Å². The van der Waals surface area contributed by atoms with Crippen LogP contribution in [0.2, 0.25) is 0 Å². The molecule has 0 radical (unpaired) electrons. The summed E-state index contributed by atoms with van der Waals surface area (Å²) in [4.78, 5) is 19.4. The van der Waals surface area contributed by atoms with E-state index in [1.807, 2.05) is 0 Å². The topological polar surface area (TPSA) is 64.1 Å². The highest BCUT2D eigenvalue weighted by Crippen LogP contribution is 2.37. The molecule has 5 nitrogen and oxygen atoms in total. The molecule has 1 N–H and O–H groups in total. The van der Waals surface area contributed by atoms with E-state index in [4.69, 9.17) is 4.74 Å². The van der Waals surface area contributed by atoms with Crippen LogP contribution in [-0.2, 0) is 9.53 Å². The molecule has 0 aromatic carbocycles. The summed E-state index contributed by atoms with van der Waals surface area (Å²) in [6.07, 6.45) is 8.96. The van der Waals surface area contributed by atoms with Crippen LogP contribution in [0.5, 0.6) is 0 Å². The summed E-state index contributed by atoms with van der Waals surface area (Å²) in [5.74, 6) is 1.51. The van der Waals surface area contributed by atoms with Gasteiger partial charge >= 0.3 is 5.97 Å². The minimum Gasteiger partial charge on any atom is -0.469 e. The first-order valence-corrected chi connectivity index (χ1v) is 6.88. The molecule has 2 rings (SSSR count). The molecule has 5 heteroatoms. The average molecular weight is 263 g/mol. The van der Waals surface area contributed by atoms with Crippen LogP contribution in [0.15, 0.2) is 18.5 Å². The quantitative estimate of drug-likeness (QED) is 0.604. The van der Waals surface area contributed by atoms with E-state index in [0.717, 1.165) is 25.8 Å². The zero-order chi connectivity index (χ0) is 13.5. The fourth-order valence-corrected chi connectivity index (χ4v) is 2.48. The molecule has 0 amide bonds. The van der Waals surface area contributed by atoms with Crippen LogP contribution in [-0.4, -0.2) is 29.6 Å². The van der Waals surface area contributed by atoms with Crippen LogP contribution in [0, 0.1) is 11.8 Å². The van der Waals surface area contributed by atoms with E-state index in [1.54, 1.807) is 18.5 Å². The monoisotopic (exact) mass is 263 g/mol. The highest BCUT2D eigenvalue weighted by atomic mass is 16.5. The Morgan fingerprint density at radius 1 is 1.37 bits per heavy atom. The van der Waals surface area contributed by atoms with Crippen LogP contribution in [0.1, 0.15) is 32.1 Å². The molecule has 0 bridgehead atoms. The Bertz CT molecular complexity index is 391. The van der Waals surface area contributed by atoms with E-state index in [-0.39, 0.29) is 11.9 Å². The van der Waals surface area contributed by atoms with Crippen LogP contribution in [0.25, 0.3) is 0 Å². The van der Waals surface area contributed by atoms with Gasteiger partial charge in [0.25, 0.3) is 0 Å². The summed E-state index contributed by atoms with van der Waals surface area (Å²) in [6.45, 7) is 0.900. The number of anilines is 1. The van der Waals surface area contributed by atoms with Gasteiger partial charge in [0.1, 0.15) is 0 Å². The van der Waals surface area contributed by atoms with Gasteiger partial charge in [-0.2, -0.15) is 0 Å². The fraction of sp³-hybridized carbons (Fsp3) is 0.643. The molecule has 1 heterocycles. The molecule has 19 heavy (non-hydrogen) atoms. The minimum atomic E-state index is -0.0425. The maximum absolute atomic E-state index is 11.2. The highest BCUT2D eigenvalue weighted by Gasteiger charge is 2.34. The van der Waals surface area contributed by atoms with Crippen molar-refractivity contribution in [2.45, 2.75) is 32.1 Å². The van der Waals surface area contributed by atoms with Crippen molar-refractivity contribution < 1.29 is 9.53 Å². The number of rotatable bonds is 7. The van der Waals surface area contributed by atoms with Crippen molar-refractivity contribution in [1.82, 2.24) is 9.97 Å².